The largest absolute Gasteiger partial charge is 0.399 e. The molecule has 1 aliphatic rings. The molecule has 4 heteroatoms. The van der Waals surface area contributed by atoms with Crippen LogP contribution in [0.2, 0.25) is 0 Å². The molecule has 0 aromatic heterocycles. The van der Waals surface area contributed by atoms with E-state index in [9.17, 15) is 4.79 Å². The minimum atomic E-state index is 0.110. The van der Waals surface area contributed by atoms with E-state index in [1.807, 2.05) is 36.0 Å². The minimum absolute atomic E-state index is 0.110. The summed E-state index contributed by atoms with van der Waals surface area (Å²) in [6.07, 6.45) is 3.48. The topological polar surface area (TPSA) is 49.6 Å². The second-order valence-electron chi connectivity index (χ2n) is 5.84. The van der Waals surface area contributed by atoms with E-state index in [2.05, 4.69) is 6.92 Å². The maximum atomic E-state index is 12.8. The number of nitrogens with zero attached hydrogens (tertiary/aromatic N) is 2. The number of piperidine rings is 1. The Morgan fingerprint density at radius 3 is 2.85 bits per heavy atom. The van der Waals surface area contributed by atoms with Crippen molar-refractivity contribution in [1.29, 1.82) is 0 Å². The Bertz CT molecular complexity index is 485. The van der Waals surface area contributed by atoms with Crippen LogP contribution in [0, 0.1) is 5.92 Å². The van der Waals surface area contributed by atoms with E-state index in [0.717, 1.165) is 31.6 Å². The van der Waals surface area contributed by atoms with Crippen molar-refractivity contribution in [3.05, 3.63) is 23.8 Å². The Kier molecular flexibility index (Phi) is 4.53. The molecular weight excluding hydrogens is 250 g/mol. The summed E-state index contributed by atoms with van der Waals surface area (Å²) in [5.41, 5.74) is 8.15. The minimum Gasteiger partial charge on any atom is -0.399 e. The summed E-state index contributed by atoms with van der Waals surface area (Å²) >= 11 is 0. The van der Waals surface area contributed by atoms with Gasteiger partial charge in [0.2, 0.25) is 0 Å². The molecule has 110 valence electrons. The second-order valence-corrected chi connectivity index (χ2v) is 5.84. The molecular formula is C16H25N3O. The Balaban J connectivity index is 2.26. The van der Waals surface area contributed by atoms with Crippen LogP contribution in [0.4, 0.5) is 11.4 Å². The molecule has 1 aromatic carbocycles. The third-order valence-electron chi connectivity index (χ3n) is 4.12. The molecule has 1 heterocycles. The van der Waals surface area contributed by atoms with Crippen molar-refractivity contribution in [2.75, 3.05) is 37.8 Å². The first-order valence-corrected chi connectivity index (χ1v) is 7.39. The number of amides is 1. The number of carbonyl (C=O) groups is 1. The SMILES string of the molecule is CCC1CCCN(C(=O)c2cc(N)ccc2N(C)C)C1. The Morgan fingerprint density at radius 1 is 1.45 bits per heavy atom. The molecule has 4 nitrogen and oxygen atoms in total. The zero-order chi connectivity index (χ0) is 14.7. The predicted octanol–water partition coefficient (Wildman–Crippen LogP) is 2.60. The van der Waals surface area contributed by atoms with Crippen LogP contribution in [0.5, 0.6) is 0 Å². The number of likely N-dealkylation sites (tertiary alicyclic amines) is 1. The highest BCUT2D eigenvalue weighted by atomic mass is 16.2. The van der Waals surface area contributed by atoms with E-state index in [1.165, 1.54) is 6.42 Å². The number of hydrogen-bond acceptors (Lipinski definition) is 3. The summed E-state index contributed by atoms with van der Waals surface area (Å²) < 4.78 is 0. The number of rotatable bonds is 3. The molecule has 0 spiro atoms. The Morgan fingerprint density at radius 2 is 2.20 bits per heavy atom. The van der Waals surface area contributed by atoms with Gasteiger partial charge in [-0.1, -0.05) is 13.3 Å². The van der Waals surface area contributed by atoms with E-state index in [-0.39, 0.29) is 5.91 Å². The number of anilines is 2. The number of carbonyl (C=O) groups excluding carboxylic acids is 1. The first-order valence-electron chi connectivity index (χ1n) is 7.39. The van der Waals surface area contributed by atoms with Crippen molar-refractivity contribution in [2.24, 2.45) is 5.92 Å². The van der Waals surface area contributed by atoms with Crippen molar-refractivity contribution in [3.63, 3.8) is 0 Å². The lowest BCUT2D eigenvalue weighted by molar-refractivity contribution is 0.0672. The summed E-state index contributed by atoms with van der Waals surface area (Å²) in [5, 5.41) is 0. The quantitative estimate of drug-likeness (QED) is 0.863. The molecule has 1 amide bonds. The van der Waals surface area contributed by atoms with Crippen molar-refractivity contribution in [3.8, 4) is 0 Å². The zero-order valence-corrected chi connectivity index (χ0v) is 12.7. The maximum Gasteiger partial charge on any atom is 0.256 e. The second kappa shape index (κ2) is 6.16. The number of nitrogens with two attached hydrogens (primary N) is 1. The molecule has 1 saturated heterocycles. The van der Waals surface area contributed by atoms with Gasteiger partial charge in [0.1, 0.15) is 0 Å². The molecule has 0 radical (unpaired) electrons. The van der Waals surface area contributed by atoms with Gasteiger partial charge in [-0.15, -0.1) is 0 Å². The average molecular weight is 275 g/mol. The molecule has 0 aliphatic carbocycles. The maximum absolute atomic E-state index is 12.8. The lowest BCUT2D eigenvalue weighted by atomic mass is 9.95. The van der Waals surface area contributed by atoms with Crippen molar-refractivity contribution >= 4 is 17.3 Å². The number of nitrogen functional groups attached to an aromatic ring is 1. The summed E-state index contributed by atoms with van der Waals surface area (Å²) in [6.45, 7) is 3.93. The standard InChI is InChI=1S/C16H25N3O/c1-4-12-6-5-9-19(11-12)16(20)14-10-13(17)7-8-15(14)18(2)3/h7-8,10,12H,4-6,9,11,17H2,1-3H3. The summed E-state index contributed by atoms with van der Waals surface area (Å²) in [5.74, 6) is 0.746. The van der Waals surface area contributed by atoms with Gasteiger partial charge in [0.05, 0.1) is 5.56 Å². The van der Waals surface area contributed by atoms with Gasteiger partial charge >= 0.3 is 0 Å². The van der Waals surface area contributed by atoms with Gasteiger partial charge in [-0.3, -0.25) is 4.79 Å². The van der Waals surface area contributed by atoms with Gasteiger partial charge in [-0.05, 0) is 37.0 Å². The fourth-order valence-corrected chi connectivity index (χ4v) is 2.87. The molecule has 1 fully saturated rings. The van der Waals surface area contributed by atoms with Crippen molar-refractivity contribution < 1.29 is 4.79 Å². The fraction of sp³-hybridized carbons (Fsp3) is 0.562. The first-order chi connectivity index (χ1) is 9.52. The van der Waals surface area contributed by atoms with E-state index < -0.39 is 0 Å². The highest BCUT2D eigenvalue weighted by Gasteiger charge is 2.25. The van der Waals surface area contributed by atoms with E-state index in [4.69, 9.17) is 5.73 Å². The van der Waals surface area contributed by atoms with Crippen molar-refractivity contribution in [1.82, 2.24) is 4.90 Å². The fourth-order valence-electron chi connectivity index (χ4n) is 2.87. The number of benzene rings is 1. The molecule has 2 N–H and O–H groups in total. The van der Waals surface area contributed by atoms with Crippen LogP contribution < -0.4 is 10.6 Å². The van der Waals surface area contributed by atoms with Gasteiger partial charge in [0.15, 0.2) is 0 Å². The molecule has 20 heavy (non-hydrogen) atoms. The number of hydrogen-bond donors (Lipinski definition) is 1. The van der Waals surface area contributed by atoms with Gasteiger partial charge in [-0.25, -0.2) is 0 Å². The summed E-state index contributed by atoms with van der Waals surface area (Å²) in [4.78, 5) is 16.7. The van der Waals surface area contributed by atoms with E-state index in [0.29, 0.717) is 17.2 Å². The van der Waals surface area contributed by atoms with Crippen LogP contribution in [0.15, 0.2) is 18.2 Å². The molecule has 1 aliphatic heterocycles. The first kappa shape index (κ1) is 14.7. The van der Waals surface area contributed by atoms with Gasteiger partial charge in [-0.2, -0.15) is 0 Å². The van der Waals surface area contributed by atoms with Gasteiger partial charge < -0.3 is 15.5 Å². The summed E-state index contributed by atoms with van der Waals surface area (Å²) in [6, 6.07) is 5.56. The zero-order valence-electron chi connectivity index (χ0n) is 12.7. The summed E-state index contributed by atoms with van der Waals surface area (Å²) in [7, 11) is 3.90. The normalized spacial score (nSPS) is 18.9. The highest BCUT2D eigenvalue weighted by Crippen LogP contribution is 2.26. The monoisotopic (exact) mass is 275 g/mol. The average Bonchev–Trinajstić information content (AvgIpc) is 2.46. The molecule has 1 aromatic rings. The Hall–Kier alpha value is -1.71. The van der Waals surface area contributed by atoms with Crippen LogP contribution in [-0.4, -0.2) is 38.0 Å². The third kappa shape index (κ3) is 3.06. The highest BCUT2D eigenvalue weighted by molar-refractivity contribution is 6.00. The smallest absolute Gasteiger partial charge is 0.256 e. The van der Waals surface area contributed by atoms with Gasteiger partial charge in [0.25, 0.3) is 5.91 Å². The van der Waals surface area contributed by atoms with E-state index >= 15 is 0 Å². The molecule has 1 atom stereocenters. The lowest BCUT2D eigenvalue weighted by Crippen LogP contribution is -2.40. The van der Waals surface area contributed by atoms with Crippen LogP contribution in [-0.2, 0) is 0 Å². The molecule has 2 rings (SSSR count). The van der Waals surface area contributed by atoms with E-state index in [1.54, 1.807) is 6.07 Å². The molecule has 0 saturated carbocycles. The van der Waals surface area contributed by atoms with Crippen LogP contribution in [0.1, 0.15) is 36.5 Å². The lowest BCUT2D eigenvalue weighted by Gasteiger charge is -2.33. The molecule has 1 unspecified atom stereocenters. The van der Waals surface area contributed by atoms with Crippen LogP contribution in [0.25, 0.3) is 0 Å². The predicted molar refractivity (Wildman–Crippen MR) is 84.1 cm³/mol. The van der Waals surface area contributed by atoms with Gasteiger partial charge in [0, 0.05) is 38.6 Å². The third-order valence-corrected chi connectivity index (χ3v) is 4.12. The Labute approximate surface area is 121 Å². The molecule has 0 bridgehead atoms. The van der Waals surface area contributed by atoms with Crippen LogP contribution >= 0.6 is 0 Å². The van der Waals surface area contributed by atoms with Crippen molar-refractivity contribution in [2.45, 2.75) is 26.2 Å². The van der Waals surface area contributed by atoms with Crippen LogP contribution in [0.3, 0.4) is 0 Å².